The van der Waals surface area contributed by atoms with Gasteiger partial charge in [0.1, 0.15) is 11.8 Å². The first kappa shape index (κ1) is 20.9. The molecule has 2 aliphatic carbocycles. The number of thioether (sulfide) groups is 1. The minimum Gasteiger partial charge on any atom is -0.497 e. The number of nitrogens with zero attached hydrogens (tertiary/aromatic N) is 2. The van der Waals surface area contributed by atoms with Crippen molar-refractivity contribution in [1.29, 1.82) is 5.26 Å². The van der Waals surface area contributed by atoms with Gasteiger partial charge in [0, 0.05) is 6.07 Å². The summed E-state index contributed by atoms with van der Waals surface area (Å²) in [7, 11) is 1.63. The van der Waals surface area contributed by atoms with Crippen LogP contribution in [0.15, 0.2) is 23.4 Å². The lowest BCUT2D eigenvalue weighted by Crippen LogP contribution is -2.22. The van der Waals surface area contributed by atoms with Crippen LogP contribution in [0.4, 0.5) is 5.69 Å². The van der Waals surface area contributed by atoms with E-state index < -0.39 is 0 Å². The highest BCUT2D eigenvalue weighted by Crippen LogP contribution is 2.40. The molecule has 0 radical (unpaired) electrons. The maximum absolute atomic E-state index is 12.9. The SMILES string of the molecule is COc1ccc2nc(SCC(=O)Nc3c(C#N)c4c(c5c3CCCC5)CCCC4)[nH]c2c1. The van der Waals surface area contributed by atoms with E-state index >= 15 is 0 Å². The van der Waals surface area contributed by atoms with Crippen LogP contribution in [0.3, 0.4) is 0 Å². The summed E-state index contributed by atoms with van der Waals surface area (Å²) in [5.41, 5.74) is 8.34. The van der Waals surface area contributed by atoms with Crippen LogP contribution < -0.4 is 10.1 Å². The van der Waals surface area contributed by atoms with Crippen LogP contribution in [0.1, 0.15) is 53.5 Å². The van der Waals surface area contributed by atoms with Gasteiger partial charge in [-0.1, -0.05) is 11.8 Å². The molecule has 0 aliphatic heterocycles. The molecule has 2 aliphatic rings. The summed E-state index contributed by atoms with van der Waals surface area (Å²) in [6.45, 7) is 0. The monoisotopic (exact) mass is 446 g/mol. The highest BCUT2D eigenvalue weighted by molar-refractivity contribution is 7.99. The maximum Gasteiger partial charge on any atom is 0.234 e. The Kier molecular flexibility index (Phi) is 5.79. The number of ether oxygens (including phenoxy) is 1. The van der Waals surface area contributed by atoms with Crippen LogP contribution in [0, 0.1) is 11.3 Å². The van der Waals surface area contributed by atoms with E-state index in [4.69, 9.17) is 4.74 Å². The van der Waals surface area contributed by atoms with Gasteiger partial charge in [0.15, 0.2) is 5.16 Å². The van der Waals surface area contributed by atoms with Gasteiger partial charge >= 0.3 is 0 Å². The number of imidazole rings is 1. The zero-order valence-corrected chi connectivity index (χ0v) is 19.0. The van der Waals surface area contributed by atoms with E-state index in [2.05, 4.69) is 21.4 Å². The van der Waals surface area contributed by atoms with Gasteiger partial charge in [0.25, 0.3) is 0 Å². The summed E-state index contributed by atoms with van der Waals surface area (Å²) in [6.07, 6.45) is 8.59. The number of carbonyl (C=O) groups is 1. The molecule has 0 unspecified atom stereocenters. The van der Waals surface area contributed by atoms with Gasteiger partial charge in [0.05, 0.1) is 35.1 Å². The van der Waals surface area contributed by atoms with Crippen LogP contribution in [-0.2, 0) is 30.5 Å². The van der Waals surface area contributed by atoms with E-state index in [1.165, 1.54) is 46.9 Å². The first-order chi connectivity index (χ1) is 15.7. The van der Waals surface area contributed by atoms with Gasteiger partial charge in [-0.05, 0) is 85.8 Å². The fourth-order valence-electron chi connectivity index (χ4n) is 5.06. The van der Waals surface area contributed by atoms with E-state index in [9.17, 15) is 10.1 Å². The van der Waals surface area contributed by atoms with E-state index in [0.717, 1.165) is 61.0 Å². The third kappa shape index (κ3) is 3.84. The molecule has 1 heterocycles. The smallest absolute Gasteiger partial charge is 0.234 e. The van der Waals surface area contributed by atoms with Gasteiger partial charge < -0.3 is 15.0 Å². The number of carbonyl (C=O) groups excluding carboxylic acids is 1. The molecule has 0 fully saturated rings. The fraction of sp³-hybridized carbons (Fsp3) is 0.400. The van der Waals surface area contributed by atoms with Gasteiger partial charge in [-0.2, -0.15) is 5.26 Å². The number of hydrogen-bond donors (Lipinski definition) is 2. The second-order valence-electron chi connectivity index (χ2n) is 8.45. The molecule has 3 aromatic rings. The molecule has 0 saturated heterocycles. The van der Waals surface area contributed by atoms with Crippen molar-refractivity contribution in [2.45, 2.75) is 56.5 Å². The Labute approximate surface area is 191 Å². The molecule has 0 saturated carbocycles. The predicted octanol–water partition coefficient (Wildman–Crippen LogP) is 4.93. The van der Waals surface area contributed by atoms with Crippen LogP contribution in [0.5, 0.6) is 5.75 Å². The largest absolute Gasteiger partial charge is 0.497 e. The second-order valence-corrected chi connectivity index (χ2v) is 9.42. The van der Waals surface area contributed by atoms with Crippen LogP contribution in [-0.4, -0.2) is 28.7 Å². The Morgan fingerprint density at radius 1 is 1.12 bits per heavy atom. The maximum atomic E-state index is 12.9. The molecule has 0 spiro atoms. The third-order valence-electron chi connectivity index (χ3n) is 6.54. The minimum atomic E-state index is -0.104. The van der Waals surface area contributed by atoms with Crippen molar-refractivity contribution < 1.29 is 9.53 Å². The van der Waals surface area contributed by atoms with Gasteiger partial charge in [0.2, 0.25) is 5.91 Å². The summed E-state index contributed by atoms with van der Waals surface area (Å²) in [4.78, 5) is 20.7. The minimum absolute atomic E-state index is 0.104. The molecule has 1 aromatic heterocycles. The lowest BCUT2D eigenvalue weighted by Gasteiger charge is -2.29. The third-order valence-corrected chi connectivity index (χ3v) is 7.41. The number of hydrogen-bond acceptors (Lipinski definition) is 5. The lowest BCUT2D eigenvalue weighted by atomic mass is 9.77. The summed E-state index contributed by atoms with van der Waals surface area (Å²) in [6, 6.07) is 8.09. The molecule has 2 N–H and O–H groups in total. The number of benzene rings is 2. The molecule has 164 valence electrons. The van der Waals surface area contributed by atoms with Gasteiger partial charge in [-0.15, -0.1) is 0 Å². The van der Waals surface area contributed by atoms with Crippen molar-refractivity contribution in [2.75, 3.05) is 18.2 Å². The molecule has 7 heteroatoms. The van der Waals surface area contributed by atoms with Crippen LogP contribution in [0.2, 0.25) is 0 Å². The van der Waals surface area contributed by atoms with Crippen molar-refractivity contribution in [2.24, 2.45) is 0 Å². The predicted molar refractivity (Wildman–Crippen MR) is 126 cm³/mol. The number of aromatic amines is 1. The number of nitriles is 1. The Balaban J connectivity index is 1.38. The molecular formula is C25H26N4O2S. The number of rotatable bonds is 5. The highest BCUT2D eigenvalue weighted by atomic mass is 32.2. The van der Waals surface area contributed by atoms with Crippen molar-refractivity contribution >= 4 is 34.4 Å². The summed E-state index contributed by atoms with van der Waals surface area (Å²) >= 11 is 1.36. The number of methoxy groups -OCH3 is 1. The van der Waals surface area contributed by atoms with Gasteiger partial charge in [-0.25, -0.2) is 4.98 Å². The zero-order chi connectivity index (χ0) is 22.1. The molecular weight excluding hydrogens is 420 g/mol. The number of aromatic nitrogens is 2. The van der Waals surface area contributed by atoms with Crippen molar-refractivity contribution in [3.8, 4) is 11.8 Å². The Hall–Kier alpha value is -2.98. The van der Waals surface area contributed by atoms with Crippen molar-refractivity contribution in [3.05, 3.63) is 46.0 Å². The van der Waals surface area contributed by atoms with E-state index in [1.54, 1.807) is 7.11 Å². The standard InChI is InChI=1S/C25H26N4O2S/c1-31-15-10-11-21-22(12-15)28-25(27-21)32-14-23(30)29-24-19-9-5-4-7-17(19)16-6-2-3-8-18(16)20(24)13-26/h10-12H,2-9,14H2,1H3,(H,27,28)(H,29,30). The molecule has 0 atom stereocenters. The molecule has 2 aromatic carbocycles. The summed E-state index contributed by atoms with van der Waals surface area (Å²) in [5, 5.41) is 13.8. The average Bonchev–Trinajstić information content (AvgIpc) is 3.25. The van der Waals surface area contributed by atoms with E-state index in [0.29, 0.717) is 10.7 Å². The molecule has 32 heavy (non-hydrogen) atoms. The topological polar surface area (TPSA) is 90.8 Å². The molecule has 5 rings (SSSR count). The number of H-pyrrole nitrogens is 1. The first-order valence-electron chi connectivity index (χ1n) is 11.2. The number of amides is 1. The summed E-state index contributed by atoms with van der Waals surface area (Å²) in [5.74, 6) is 0.887. The number of fused-ring (bicyclic) bond motifs is 4. The molecule has 1 amide bonds. The van der Waals surface area contributed by atoms with Crippen LogP contribution >= 0.6 is 11.8 Å². The highest BCUT2D eigenvalue weighted by Gasteiger charge is 2.27. The Morgan fingerprint density at radius 2 is 1.81 bits per heavy atom. The van der Waals surface area contributed by atoms with Crippen molar-refractivity contribution in [1.82, 2.24) is 9.97 Å². The Morgan fingerprint density at radius 3 is 2.53 bits per heavy atom. The number of anilines is 1. The van der Waals surface area contributed by atoms with Crippen molar-refractivity contribution in [3.63, 3.8) is 0 Å². The van der Waals surface area contributed by atoms with E-state index in [1.807, 2.05) is 18.2 Å². The normalized spacial score (nSPS) is 15.0. The average molecular weight is 447 g/mol. The fourth-order valence-corrected chi connectivity index (χ4v) is 5.75. The number of nitrogens with one attached hydrogen (secondary N) is 2. The Bertz CT molecular complexity index is 1240. The van der Waals surface area contributed by atoms with E-state index in [-0.39, 0.29) is 11.7 Å². The molecule has 0 bridgehead atoms. The summed E-state index contributed by atoms with van der Waals surface area (Å²) < 4.78 is 5.26. The first-order valence-corrected chi connectivity index (χ1v) is 12.2. The van der Waals surface area contributed by atoms with Gasteiger partial charge in [-0.3, -0.25) is 4.79 Å². The quantitative estimate of drug-likeness (QED) is 0.542. The molecule has 6 nitrogen and oxygen atoms in total. The van der Waals surface area contributed by atoms with Crippen LogP contribution in [0.25, 0.3) is 11.0 Å². The second kappa shape index (κ2) is 8.87. The zero-order valence-electron chi connectivity index (χ0n) is 18.2. The lowest BCUT2D eigenvalue weighted by molar-refractivity contribution is -0.113.